The molecule has 0 aromatic carbocycles. The van der Waals surface area contributed by atoms with Crippen LogP contribution in [0.2, 0.25) is 0 Å². The van der Waals surface area contributed by atoms with Gasteiger partial charge in [0.25, 0.3) is 0 Å². The summed E-state index contributed by atoms with van der Waals surface area (Å²) in [6.07, 6.45) is 6.29. The van der Waals surface area contributed by atoms with Crippen LogP contribution in [0.25, 0.3) is 0 Å². The molecule has 1 aromatic heterocycles. The van der Waals surface area contributed by atoms with Crippen LogP contribution in [0.15, 0.2) is 0 Å². The largest absolute Gasteiger partial charge is 0.252 e. The highest BCUT2D eigenvalue weighted by atomic mass is 15.4. The van der Waals surface area contributed by atoms with Gasteiger partial charge in [-0.25, -0.2) is 0 Å². The number of nitrogens with zero attached hydrogens (tertiary/aromatic N) is 3. The monoisotopic (exact) mass is 179 g/mol. The summed E-state index contributed by atoms with van der Waals surface area (Å²) in [4.78, 5) is 0. The minimum atomic E-state index is 0.659. The van der Waals surface area contributed by atoms with Gasteiger partial charge in [-0.15, -0.1) is 5.10 Å². The fraction of sp³-hybridized carbons (Fsp3) is 0.800. The van der Waals surface area contributed by atoms with Crippen molar-refractivity contribution in [1.29, 1.82) is 0 Å². The Bertz CT molecular complexity index is 290. The van der Waals surface area contributed by atoms with Crippen LogP contribution in [-0.2, 0) is 13.5 Å². The molecule has 0 fully saturated rings. The third-order valence-corrected chi connectivity index (χ3v) is 3.07. The first-order chi connectivity index (χ1) is 6.33. The van der Waals surface area contributed by atoms with E-state index in [1.54, 1.807) is 0 Å². The molecule has 0 saturated carbocycles. The Hall–Kier alpha value is -0.860. The summed E-state index contributed by atoms with van der Waals surface area (Å²) in [5.41, 5.74) is 2.63. The third kappa shape index (κ3) is 1.47. The minimum Gasteiger partial charge on any atom is -0.252 e. The fourth-order valence-corrected chi connectivity index (χ4v) is 2.22. The van der Waals surface area contributed by atoms with Crippen LogP contribution in [0.4, 0.5) is 0 Å². The molecule has 72 valence electrons. The standard InChI is InChI=1S/C10H17N3/c1-3-8-6-4-5-7-9-10(8)11-12-13(9)2/h8H,3-7H2,1-2H3. The summed E-state index contributed by atoms with van der Waals surface area (Å²) in [6.45, 7) is 2.24. The Morgan fingerprint density at radius 2 is 2.31 bits per heavy atom. The number of rotatable bonds is 1. The number of aromatic nitrogens is 3. The van der Waals surface area contributed by atoms with E-state index >= 15 is 0 Å². The van der Waals surface area contributed by atoms with Crippen molar-refractivity contribution >= 4 is 0 Å². The topological polar surface area (TPSA) is 30.7 Å². The summed E-state index contributed by atoms with van der Waals surface area (Å²) in [6, 6.07) is 0. The Morgan fingerprint density at radius 1 is 1.46 bits per heavy atom. The predicted molar refractivity (Wildman–Crippen MR) is 51.6 cm³/mol. The van der Waals surface area contributed by atoms with E-state index in [-0.39, 0.29) is 0 Å². The van der Waals surface area contributed by atoms with Gasteiger partial charge >= 0.3 is 0 Å². The van der Waals surface area contributed by atoms with Gasteiger partial charge in [0.05, 0.1) is 11.4 Å². The zero-order valence-electron chi connectivity index (χ0n) is 8.45. The molecular weight excluding hydrogens is 162 g/mol. The van der Waals surface area contributed by atoms with Crippen molar-refractivity contribution in [1.82, 2.24) is 15.0 Å². The van der Waals surface area contributed by atoms with Crippen LogP contribution in [-0.4, -0.2) is 15.0 Å². The molecule has 1 heterocycles. The molecule has 0 spiro atoms. The number of aryl methyl sites for hydroxylation is 1. The molecule has 0 amide bonds. The molecule has 1 atom stereocenters. The molecule has 1 unspecified atom stereocenters. The lowest BCUT2D eigenvalue weighted by molar-refractivity contribution is 0.561. The molecule has 1 aromatic rings. The quantitative estimate of drug-likeness (QED) is 0.618. The smallest absolute Gasteiger partial charge is 0.0889 e. The lowest BCUT2D eigenvalue weighted by Crippen LogP contribution is -2.01. The van der Waals surface area contributed by atoms with Gasteiger partial charge in [0.15, 0.2) is 0 Å². The first-order valence-electron chi connectivity index (χ1n) is 5.21. The molecular formula is C10H17N3. The van der Waals surface area contributed by atoms with E-state index in [0.717, 1.165) is 6.42 Å². The van der Waals surface area contributed by atoms with Gasteiger partial charge < -0.3 is 0 Å². The first-order valence-corrected chi connectivity index (χ1v) is 5.21. The number of hydrogen-bond acceptors (Lipinski definition) is 2. The van der Waals surface area contributed by atoms with Crippen molar-refractivity contribution in [2.45, 2.75) is 44.9 Å². The van der Waals surface area contributed by atoms with Crippen LogP contribution in [0.5, 0.6) is 0 Å². The predicted octanol–water partition coefficient (Wildman–Crippen LogP) is 2.04. The Labute approximate surface area is 79.1 Å². The minimum absolute atomic E-state index is 0.659. The van der Waals surface area contributed by atoms with Crippen LogP contribution < -0.4 is 0 Å². The number of fused-ring (bicyclic) bond motifs is 1. The highest BCUT2D eigenvalue weighted by Crippen LogP contribution is 2.30. The van der Waals surface area contributed by atoms with Crippen LogP contribution in [0.3, 0.4) is 0 Å². The molecule has 13 heavy (non-hydrogen) atoms. The third-order valence-electron chi connectivity index (χ3n) is 3.07. The Kier molecular flexibility index (Phi) is 2.34. The van der Waals surface area contributed by atoms with E-state index in [1.807, 2.05) is 11.7 Å². The average Bonchev–Trinajstić information content (AvgIpc) is 2.39. The second-order valence-corrected chi connectivity index (χ2v) is 3.90. The molecule has 0 aliphatic heterocycles. The lowest BCUT2D eigenvalue weighted by Gasteiger charge is -2.08. The van der Waals surface area contributed by atoms with E-state index in [0.29, 0.717) is 5.92 Å². The molecule has 1 aliphatic carbocycles. The van der Waals surface area contributed by atoms with Crippen molar-refractivity contribution in [2.24, 2.45) is 7.05 Å². The first kappa shape index (κ1) is 8.73. The van der Waals surface area contributed by atoms with Gasteiger partial charge in [-0.1, -0.05) is 18.6 Å². The molecule has 0 bridgehead atoms. The van der Waals surface area contributed by atoms with E-state index in [9.17, 15) is 0 Å². The van der Waals surface area contributed by atoms with Crippen LogP contribution in [0, 0.1) is 0 Å². The zero-order chi connectivity index (χ0) is 9.26. The second kappa shape index (κ2) is 3.48. The normalized spacial score (nSPS) is 22.5. The highest BCUT2D eigenvalue weighted by molar-refractivity contribution is 5.16. The van der Waals surface area contributed by atoms with Gasteiger partial charge in [-0.05, 0) is 25.7 Å². The van der Waals surface area contributed by atoms with Gasteiger partial charge in [-0.3, -0.25) is 4.68 Å². The highest BCUT2D eigenvalue weighted by Gasteiger charge is 2.21. The summed E-state index contributed by atoms with van der Waals surface area (Å²) >= 11 is 0. The van der Waals surface area contributed by atoms with E-state index in [4.69, 9.17) is 0 Å². The molecule has 1 aliphatic rings. The molecule has 0 radical (unpaired) electrons. The van der Waals surface area contributed by atoms with Gasteiger partial charge in [0.2, 0.25) is 0 Å². The van der Waals surface area contributed by atoms with E-state index in [2.05, 4.69) is 17.2 Å². The lowest BCUT2D eigenvalue weighted by atomic mass is 9.98. The van der Waals surface area contributed by atoms with E-state index in [1.165, 1.54) is 37.1 Å². The zero-order valence-corrected chi connectivity index (χ0v) is 8.45. The van der Waals surface area contributed by atoms with E-state index < -0.39 is 0 Å². The summed E-state index contributed by atoms with van der Waals surface area (Å²) < 4.78 is 1.95. The number of hydrogen-bond donors (Lipinski definition) is 0. The average molecular weight is 179 g/mol. The summed E-state index contributed by atoms with van der Waals surface area (Å²) in [5.74, 6) is 0.659. The SMILES string of the molecule is CCC1CCCCc2c1nnn2C. The van der Waals surface area contributed by atoms with Crippen molar-refractivity contribution in [3.05, 3.63) is 11.4 Å². The molecule has 2 rings (SSSR count). The van der Waals surface area contributed by atoms with Crippen molar-refractivity contribution in [2.75, 3.05) is 0 Å². The maximum atomic E-state index is 4.28. The Balaban J connectivity index is 2.36. The Morgan fingerprint density at radius 3 is 3.08 bits per heavy atom. The van der Waals surface area contributed by atoms with Crippen molar-refractivity contribution in [3.63, 3.8) is 0 Å². The van der Waals surface area contributed by atoms with Gasteiger partial charge in [-0.2, -0.15) is 0 Å². The van der Waals surface area contributed by atoms with Crippen molar-refractivity contribution in [3.8, 4) is 0 Å². The van der Waals surface area contributed by atoms with Gasteiger partial charge in [0.1, 0.15) is 0 Å². The molecule has 0 N–H and O–H groups in total. The molecule has 3 heteroatoms. The van der Waals surface area contributed by atoms with Crippen LogP contribution in [0.1, 0.15) is 49.9 Å². The second-order valence-electron chi connectivity index (χ2n) is 3.90. The summed E-state index contributed by atoms with van der Waals surface area (Å²) in [7, 11) is 2.00. The maximum Gasteiger partial charge on any atom is 0.0889 e. The molecule has 3 nitrogen and oxygen atoms in total. The van der Waals surface area contributed by atoms with Crippen LogP contribution >= 0.6 is 0 Å². The summed E-state index contributed by atoms with van der Waals surface area (Å²) in [5, 5.41) is 8.39. The van der Waals surface area contributed by atoms with Gasteiger partial charge in [0, 0.05) is 13.0 Å². The maximum absolute atomic E-state index is 4.28. The van der Waals surface area contributed by atoms with Crippen molar-refractivity contribution < 1.29 is 0 Å². The molecule has 0 saturated heterocycles. The fourth-order valence-electron chi connectivity index (χ4n) is 2.22.